The highest BCUT2D eigenvalue weighted by Crippen LogP contribution is 2.32. The molecule has 146 valence electrons. The normalized spacial score (nSPS) is 11.3. The topological polar surface area (TPSA) is 56.1 Å². The maximum Gasteiger partial charge on any atom is 0.417 e. The minimum Gasteiger partial charge on any atom is -0.496 e. The number of amides is 1. The second kappa shape index (κ2) is 7.93. The average Bonchev–Trinajstić information content (AvgIpc) is 3.15. The molecule has 0 atom stereocenters. The summed E-state index contributed by atoms with van der Waals surface area (Å²) in [5.74, 6) is 0.224. The van der Waals surface area contributed by atoms with E-state index < -0.39 is 17.6 Å². The van der Waals surface area contributed by atoms with Gasteiger partial charge in [-0.1, -0.05) is 29.8 Å². The lowest BCUT2D eigenvalue weighted by Crippen LogP contribution is -2.25. The van der Waals surface area contributed by atoms with Crippen LogP contribution in [0.25, 0.3) is 5.82 Å². The molecule has 5 nitrogen and oxygen atoms in total. The quantitative estimate of drug-likeness (QED) is 0.675. The third kappa shape index (κ3) is 4.12. The second-order valence-electron chi connectivity index (χ2n) is 5.79. The SMILES string of the molecule is COc1ccccc1CNC(=O)c1cccn1-c1ncc(C(F)(F)F)cc1Cl. The van der Waals surface area contributed by atoms with Crippen LogP contribution in [0.15, 0.2) is 54.9 Å². The van der Waals surface area contributed by atoms with Crippen LogP contribution in [0, 0.1) is 0 Å². The summed E-state index contributed by atoms with van der Waals surface area (Å²) in [4.78, 5) is 16.4. The lowest BCUT2D eigenvalue weighted by atomic mass is 10.2. The molecule has 0 saturated carbocycles. The Labute approximate surface area is 163 Å². The summed E-state index contributed by atoms with van der Waals surface area (Å²) in [5.41, 5.74) is 0.00165. The highest BCUT2D eigenvalue weighted by atomic mass is 35.5. The van der Waals surface area contributed by atoms with E-state index in [-0.39, 0.29) is 23.1 Å². The van der Waals surface area contributed by atoms with Gasteiger partial charge in [0.25, 0.3) is 5.91 Å². The van der Waals surface area contributed by atoms with Gasteiger partial charge in [-0.05, 0) is 24.3 Å². The van der Waals surface area contributed by atoms with Gasteiger partial charge >= 0.3 is 6.18 Å². The van der Waals surface area contributed by atoms with E-state index in [4.69, 9.17) is 16.3 Å². The molecule has 0 radical (unpaired) electrons. The molecule has 1 aromatic carbocycles. The number of carbonyl (C=O) groups excluding carboxylic acids is 1. The maximum absolute atomic E-state index is 12.8. The van der Waals surface area contributed by atoms with Crippen LogP contribution >= 0.6 is 11.6 Å². The predicted molar refractivity (Wildman–Crippen MR) is 97.7 cm³/mol. The van der Waals surface area contributed by atoms with Gasteiger partial charge in [-0.15, -0.1) is 0 Å². The Morgan fingerprint density at radius 3 is 2.68 bits per heavy atom. The van der Waals surface area contributed by atoms with Gasteiger partial charge in [0.05, 0.1) is 17.7 Å². The Bertz CT molecular complexity index is 1000. The van der Waals surface area contributed by atoms with Crippen molar-refractivity contribution in [3.8, 4) is 11.6 Å². The van der Waals surface area contributed by atoms with Gasteiger partial charge < -0.3 is 10.1 Å². The number of nitrogens with zero attached hydrogens (tertiary/aromatic N) is 2. The van der Waals surface area contributed by atoms with Crippen LogP contribution in [0.5, 0.6) is 5.75 Å². The van der Waals surface area contributed by atoms with Crippen molar-refractivity contribution in [3.63, 3.8) is 0 Å². The Balaban J connectivity index is 1.83. The lowest BCUT2D eigenvalue weighted by molar-refractivity contribution is -0.137. The van der Waals surface area contributed by atoms with Crippen molar-refractivity contribution in [3.05, 3.63) is 76.7 Å². The van der Waals surface area contributed by atoms with Crippen molar-refractivity contribution in [1.82, 2.24) is 14.9 Å². The molecule has 0 bridgehead atoms. The molecule has 0 aliphatic rings. The van der Waals surface area contributed by atoms with Crippen LogP contribution in [0.3, 0.4) is 0 Å². The van der Waals surface area contributed by atoms with E-state index in [1.165, 1.54) is 23.9 Å². The van der Waals surface area contributed by atoms with E-state index in [2.05, 4.69) is 10.3 Å². The highest BCUT2D eigenvalue weighted by molar-refractivity contribution is 6.32. The van der Waals surface area contributed by atoms with Crippen molar-refractivity contribution < 1.29 is 22.7 Å². The number of aromatic nitrogens is 2. The Morgan fingerprint density at radius 1 is 1.25 bits per heavy atom. The first kappa shape index (κ1) is 19.8. The van der Waals surface area contributed by atoms with Gasteiger partial charge in [-0.2, -0.15) is 13.2 Å². The third-order valence-electron chi connectivity index (χ3n) is 3.99. The molecule has 3 aromatic rings. The summed E-state index contributed by atoms with van der Waals surface area (Å²) in [6.45, 7) is 0.211. The molecule has 0 unspecified atom stereocenters. The van der Waals surface area contributed by atoms with Crippen molar-refractivity contribution in [2.45, 2.75) is 12.7 Å². The van der Waals surface area contributed by atoms with E-state index in [0.29, 0.717) is 11.9 Å². The number of hydrogen-bond acceptors (Lipinski definition) is 3. The number of halogens is 4. The smallest absolute Gasteiger partial charge is 0.417 e. The number of nitrogens with one attached hydrogen (secondary N) is 1. The van der Waals surface area contributed by atoms with Crippen LogP contribution in [0.1, 0.15) is 21.6 Å². The fourth-order valence-corrected chi connectivity index (χ4v) is 2.89. The fourth-order valence-electron chi connectivity index (χ4n) is 2.63. The largest absolute Gasteiger partial charge is 0.496 e. The first-order valence-electron chi connectivity index (χ1n) is 8.12. The zero-order chi connectivity index (χ0) is 20.3. The summed E-state index contributed by atoms with van der Waals surface area (Å²) in [6.07, 6.45) is -2.38. The number of rotatable bonds is 5. The minimum atomic E-state index is -4.55. The molecule has 1 N–H and O–H groups in total. The van der Waals surface area contributed by atoms with Crippen molar-refractivity contribution in [2.24, 2.45) is 0 Å². The number of carbonyl (C=O) groups is 1. The van der Waals surface area contributed by atoms with Gasteiger partial charge in [-0.3, -0.25) is 9.36 Å². The summed E-state index contributed by atoms with van der Waals surface area (Å²) < 4.78 is 45.0. The lowest BCUT2D eigenvalue weighted by Gasteiger charge is -2.13. The van der Waals surface area contributed by atoms with Gasteiger partial charge in [0.2, 0.25) is 0 Å². The number of methoxy groups -OCH3 is 1. The zero-order valence-electron chi connectivity index (χ0n) is 14.6. The zero-order valence-corrected chi connectivity index (χ0v) is 15.4. The number of alkyl halides is 3. The molecule has 2 heterocycles. The predicted octanol–water partition coefficient (Wildman–Crippen LogP) is 4.48. The molecule has 0 aliphatic carbocycles. The van der Waals surface area contributed by atoms with Crippen LogP contribution in [0.4, 0.5) is 13.2 Å². The summed E-state index contributed by atoms with van der Waals surface area (Å²) in [7, 11) is 1.53. The molecule has 28 heavy (non-hydrogen) atoms. The minimum absolute atomic E-state index is 0.0297. The van der Waals surface area contributed by atoms with Crippen molar-refractivity contribution in [2.75, 3.05) is 7.11 Å². The summed E-state index contributed by atoms with van der Waals surface area (Å²) in [6, 6.07) is 11.1. The van der Waals surface area contributed by atoms with E-state index in [9.17, 15) is 18.0 Å². The Kier molecular flexibility index (Phi) is 5.60. The van der Waals surface area contributed by atoms with Gasteiger partial charge in [0.15, 0.2) is 5.82 Å². The van der Waals surface area contributed by atoms with Gasteiger partial charge in [0, 0.05) is 24.5 Å². The van der Waals surface area contributed by atoms with Crippen LogP contribution in [-0.2, 0) is 12.7 Å². The van der Waals surface area contributed by atoms with Gasteiger partial charge in [0.1, 0.15) is 11.4 Å². The Morgan fingerprint density at radius 2 is 2.00 bits per heavy atom. The van der Waals surface area contributed by atoms with Crippen molar-refractivity contribution >= 4 is 17.5 Å². The number of pyridine rings is 1. The number of hydrogen-bond donors (Lipinski definition) is 1. The summed E-state index contributed by atoms with van der Waals surface area (Å²) in [5, 5.41) is 2.53. The van der Waals surface area contributed by atoms with Crippen molar-refractivity contribution in [1.29, 1.82) is 0 Å². The number of benzene rings is 1. The molecule has 0 aliphatic heterocycles. The Hall–Kier alpha value is -3.00. The molecule has 0 fully saturated rings. The van der Waals surface area contributed by atoms with Crippen LogP contribution < -0.4 is 10.1 Å². The number of ether oxygens (including phenoxy) is 1. The second-order valence-corrected chi connectivity index (χ2v) is 6.19. The summed E-state index contributed by atoms with van der Waals surface area (Å²) >= 11 is 5.98. The molecule has 9 heteroatoms. The standard InChI is InChI=1S/C19H15ClF3N3O2/c1-28-16-7-3-2-5-12(16)10-25-18(27)15-6-4-8-26(15)17-14(20)9-13(11-24-17)19(21,22)23/h2-9,11H,10H2,1H3,(H,25,27). The van der Waals surface area contributed by atoms with Crippen LogP contribution in [-0.4, -0.2) is 22.6 Å². The third-order valence-corrected chi connectivity index (χ3v) is 4.27. The van der Waals surface area contributed by atoms with E-state index in [0.717, 1.165) is 11.6 Å². The molecule has 2 aromatic heterocycles. The maximum atomic E-state index is 12.8. The van der Waals surface area contributed by atoms with E-state index in [1.54, 1.807) is 12.1 Å². The van der Waals surface area contributed by atoms with Crippen LogP contribution in [0.2, 0.25) is 5.02 Å². The monoisotopic (exact) mass is 409 g/mol. The number of para-hydroxylation sites is 1. The molecular formula is C19H15ClF3N3O2. The van der Waals surface area contributed by atoms with E-state index in [1.807, 2.05) is 18.2 Å². The first-order chi connectivity index (χ1) is 13.3. The molecule has 0 saturated heterocycles. The highest BCUT2D eigenvalue weighted by Gasteiger charge is 2.32. The van der Waals surface area contributed by atoms with Gasteiger partial charge in [-0.25, -0.2) is 4.98 Å². The molecule has 3 rings (SSSR count). The molecular weight excluding hydrogens is 395 g/mol. The average molecular weight is 410 g/mol. The molecule has 1 amide bonds. The first-order valence-corrected chi connectivity index (χ1v) is 8.49. The molecule has 0 spiro atoms. The fraction of sp³-hybridized carbons (Fsp3) is 0.158. The van der Waals surface area contributed by atoms with E-state index >= 15 is 0 Å².